The van der Waals surface area contributed by atoms with Crippen LogP contribution in [0.15, 0.2) is 30.3 Å². The number of esters is 2. The van der Waals surface area contributed by atoms with E-state index in [0.29, 0.717) is 5.56 Å². The highest BCUT2D eigenvalue weighted by Gasteiger charge is 2.46. The molecule has 2 rings (SSSR count). The standard InChI is InChI=1S/C19H15Cl5N2O5/c20-11-12(21)14(23)16(15(24)13(11)22)31-18(29)19(26,7-6-10(25)27)17(28)30-8-9-4-2-1-3-5-9/h1-5H,6-8,26H2,(H2,25,27). The van der Waals surface area contributed by atoms with Gasteiger partial charge in [0.25, 0.3) is 0 Å². The average molecular weight is 529 g/mol. The minimum atomic E-state index is -2.41. The van der Waals surface area contributed by atoms with E-state index in [9.17, 15) is 14.4 Å². The van der Waals surface area contributed by atoms with E-state index in [2.05, 4.69) is 0 Å². The zero-order valence-corrected chi connectivity index (χ0v) is 19.4. The van der Waals surface area contributed by atoms with Crippen LogP contribution in [0.5, 0.6) is 5.75 Å². The number of ether oxygens (including phenoxy) is 2. The SMILES string of the molecule is NC(=O)CCC(N)(C(=O)OCc1ccccc1)C(=O)Oc1c(Cl)c(Cl)c(Cl)c(Cl)c1Cl. The summed E-state index contributed by atoms with van der Waals surface area (Å²) in [5.74, 6) is -3.73. The third-order valence-electron chi connectivity index (χ3n) is 4.07. The lowest BCUT2D eigenvalue weighted by molar-refractivity contribution is -0.161. The van der Waals surface area contributed by atoms with Crippen molar-refractivity contribution in [3.63, 3.8) is 0 Å². The highest BCUT2D eigenvalue weighted by molar-refractivity contribution is 6.55. The minimum absolute atomic E-state index is 0.159. The van der Waals surface area contributed by atoms with Gasteiger partial charge in [0.1, 0.15) is 16.7 Å². The number of primary amides is 1. The summed E-state index contributed by atoms with van der Waals surface area (Å²) in [7, 11) is 0. The number of benzene rings is 2. The largest absolute Gasteiger partial charge is 0.459 e. The molecule has 31 heavy (non-hydrogen) atoms. The van der Waals surface area contributed by atoms with Crippen LogP contribution in [0.1, 0.15) is 18.4 Å². The molecule has 0 aromatic heterocycles. The van der Waals surface area contributed by atoms with Gasteiger partial charge in [-0.2, -0.15) is 0 Å². The maximum Gasteiger partial charge on any atom is 0.343 e. The molecule has 4 N–H and O–H groups in total. The van der Waals surface area contributed by atoms with E-state index in [1.165, 1.54) is 0 Å². The van der Waals surface area contributed by atoms with Crippen molar-refractivity contribution in [3.05, 3.63) is 61.0 Å². The second-order valence-electron chi connectivity index (χ2n) is 6.29. The molecule has 0 spiro atoms. The van der Waals surface area contributed by atoms with Crippen LogP contribution in [0.2, 0.25) is 25.1 Å². The molecule has 2 aromatic rings. The third kappa shape index (κ3) is 5.94. The minimum Gasteiger partial charge on any atom is -0.459 e. The number of rotatable bonds is 8. The normalized spacial score (nSPS) is 12.7. The molecule has 166 valence electrons. The molecule has 0 aliphatic carbocycles. The highest BCUT2D eigenvalue weighted by Crippen LogP contribution is 2.48. The van der Waals surface area contributed by atoms with Crippen LogP contribution in [0.3, 0.4) is 0 Å². The first-order valence-electron chi connectivity index (χ1n) is 8.51. The van der Waals surface area contributed by atoms with Gasteiger partial charge in [-0.15, -0.1) is 0 Å². The lowest BCUT2D eigenvalue weighted by Gasteiger charge is -2.25. The number of hydrogen-bond acceptors (Lipinski definition) is 6. The van der Waals surface area contributed by atoms with Crippen LogP contribution in [-0.2, 0) is 25.7 Å². The Morgan fingerprint density at radius 3 is 1.87 bits per heavy atom. The van der Waals surface area contributed by atoms with Crippen molar-refractivity contribution in [1.82, 2.24) is 0 Å². The summed E-state index contributed by atoms with van der Waals surface area (Å²) in [6.45, 7) is -0.178. The van der Waals surface area contributed by atoms with E-state index < -0.39 is 42.0 Å². The third-order valence-corrected chi connectivity index (χ3v) is 6.31. The molecular weight excluding hydrogens is 513 g/mol. The second kappa shape index (κ2) is 10.7. The van der Waals surface area contributed by atoms with E-state index >= 15 is 0 Å². The Morgan fingerprint density at radius 2 is 1.35 bits per heavy atom. The van der Waals surface area contributed by atoms with E-state index in [0.717, 1.165) is 0 Å². The summed E-state index contributed by atoms with van der Waals surface area (Å²) in [5.41, 5.74) is 9.38. The van der Waals surface area contributed by atoms with Crippen molar-refractivity contribution in [2.24, 2.45) is 11.5 Å². The van der Waals surface area contributed by atoms with Gasteiger partial charge in [0.15, 0.2) is 5.75 Å². The van der Waals surface area contributed by atoms with Crippen LogP contribution in [0.25, 0.3) is 0 Å². The van der Waals surface area contributed by atoms with Crippen LogP contribution >= 0.6 is 58.0 Å². The Bertz CT molecular complexity index is 989. The van der Waals surface area contributed by atoms with Crippen molar-refractivity contribution in [3.8, 4) is 5.75 Å². The van der Waals surface area contributed by atoms with Gasteiger partial charge in [-0.05, 0) is 12.0 Å². The van der Waals surface area contributed by atoms with Gasteiger partial charge in [0.2, 0.25) is 11.4 Å². The smallest absolute Gasteiger partial charge is 0.343 e. The molecule has 0 saturated heterocycles. The molecule has 0 fully saturated rings. The van der Waals surface area contributed by atoms with Crippen molar-refractivity contribution in [2.75, 3.05) is 0 Å². The summed E-state index contributed by atoms with van der Waals surface area (Å²) in [6, 6.07) is 8.64. The van der Waals surface area contributed by atoms with E-state index in [4.69, 9.17) is 78.9 Å². The fraction of sp³-hybridized carbons (Fsp3) is 0.211. The number of hydrogen-bond donors (Lipinski definition) is 2. The van der Waals surface area contributed by atoms with Gasteiger partial charge in [0, 0.05) is 6.42 Å². The molecular formula is C19H15Cl5N2O5. The summed E-state index contributed by atoms with van der Waals surface area (Å²) < 4.78 is 10.3. The lowest BCUT2D eigenvalue weighted by atomic mass is 9.94. The van der Waals surface area contributed by atoms with Gasteiger partial charge in [-0.25, -0.2) is 9.59 Å². The Labute approximate surface area is 202 Å². The molecule has 0 bridgehead atoms. The Morgan fingerprint density at radius 1 is 0.839 bits per heavy atom. The van der Waals surface area contributed by atoms with Gasteiger partial charge in [-0.1, -0.05) is 88.3 Å². The summed E-state index contributed by atoms with van der Waals surface area (Å²) >= 11 is 29.9. The summed E-state index contributed by atoms with van der Waals surface area (Å²) in [4.78, 5) is 36.8. The van der Waals surface area contributed by atoms with Crippen molar-refractivity contribution in [2.45, 2.75) is 25.0 Å². The number of halogens is 5. The van der Waals surface area contributed by atoms with Crippen molar-refractivity contribution in [1.29, 1.82) is 0 Å². The summed E-state index contributed by atoms with van der Waals surface area (Å²) in [5, 5.41) is -1.28. The first-order chi connectivity index (χ1) is 14.5. The first-order valence-corrected chi connectivity index (χ1v) is 10.4. The van der Waals surface area contributed by atoms with E-state index in [1.54, 1.807) is 30.3 Å². The summed E-state index contributed by atoms with van der Waals surface area (Å²) in [6.07, 6.45) is -0.908. The molecule has 0 saturated carbocycles. The Balaban J connectivity index is 2.33. The number of carbonyl (C=O) groups excluding carboxylic acids is 3. The van der Waals surface area contributed by atoms with Crippen LogP contribution in [0.4, 0.5) is 0 Å². The second-order valence-corrected chi connectivity index (χ2v) is 8.18. The fourth-order valence-corrected chi connectivity index (χ4v) is 3.52. The Kier molecular flexibility index (Phi) is 8.83. The molecule has 12 heteroatoms. The van der Waals surface area contributed by atoms with Gasteiger partial charge >= 0.3 is 11.9 Å². The molecule has 1 amide bonds. The molecule has 7 nitrogen and oxygen atoms in total. The predicted octanol–water partition coefficient (Wildman–Crippen LogP) is 4.57. The van der Waals surface area contributed by atoms with E-state index in [-0.39, 0.29) is 31.7 Å². The number of carbonyl (C=O) groups is 3. The van der Waals surface area contributed by atoms with Gasteiger partial charge < -0.3 is 20.9 Å². The molecule has 1 atom stereocenters. The zero-order valence-electron chi connectivity index (χ0n) is 15.6. The van der Waals surface area contributed by atoms with E-state index in [1.807, 2.05) is 0 Å². The zero-order chi connectivity index (χ0) is 23.3. The maximum absolute atomic E-state index is 12.9. The maximum atomic E-state index is 12.9. The molecule has 0 aliphatic rings. The number of amides is 1. The fourth-order valence-electron chi connectivity index (χ4n) is 2.32. The monoisotopic (exact) mass is 526 g/mol. The van der Waals surface area contributed by atoms with Crippen molar-refractivity contribution >= 4 is 75.9 Å². The number of nitrogens with two attached hydrogens (primary N) is 2. The molecule has 0 heterocycles. The van der Waals surface area contributed by atoms with Crippen molar-refractivity contribution < 1.29 is 23.9 Å². The predicted molar refractivity (Wildman–Crippen MR) is 119 cm³/mol. The lowest BCUT2D eigenvalue weighted by Crippen LogP contribution is -2.58. The quantitative estimate of drug-likeness (QED) is 0.170. The highest BCUT2D eigenvalue weighted by atomic mass is 35.5. The Hall–Kier alpha value is -1.74. The van der Waals surface area contributed by atoms with Crippen LogP contribution in [0, 0.1) is 0 Å². The van der Waals surface area contributed by atoms with Crippen LogP contribution in [-0.4, -0.2) is 23.4 Å². The molecule has 1 unspecified atom stereocenters. The molecule has 2 aromatic carbocycles. The topological polar surface area (TPSA) is 122 Å². The van der Waals surface area contributed by atoms with Gasteiger partial charge in [0.05, 0.1) is 15.1 Å². The molecule has 0 radical (unpaired) electrons. The average Bonchev–Trinajstić information content (AvgIpc) is 2.76. The molecule has 0 aliphatic heterocycles. The van der Waals surface area contributed by atoms with Crippen LogP contribution < -0.4 is 16.2 Å². The first kappa shape index (κ1) is 25.5. The van der Waals surface area contributed by atoms with Gasteiger partial charge in [-0.3, -0.25) is 4.79 Å².